The van der Waals surface area contributed by atoms with E-state index in [9.17, 15) is 4.79 Å². The molecule has 1 aromatic heterocycles. The second-order valence-corrected chi connectivity index (χ2v) is 4.20. The zero-order chi connectivity index (χ0) is 9.84. The number of nitrogens with two attached hydrogens (primary N) is 1. The molecule has 3 N–H and O–H groups in total. The zero-order valence-electron chi connectivity index (χ0n) is 7.83. The van der Waals surface area contributed by atoms with Crippen molar-refractivity contribution in [3.05, 3.63) is 21.9 Å². The van der Waals surface area contributed by atoms with E-state index in [1.807, 2.05) is 6.07 Å². The largest absolute Gasteiger partial charge is 0.366 e. The summed E-state index contributed by atoms with van der Waals surface area (Å²) in [5.74, 6) is -0.355. The van der Waals surface area contributed by atoms with Crippen LogP contribution in [0.25, 0.3) is 0 Å². The smallest absolute Gasteiger partial charge is 0.249 e. The molecule has 1 amide bonds. The molecule has 0 aliphatic rings. The maximum absolute atomic E-state index is 10.8. The van der Waals surface area contributed by atoms with Gasteiger partial charge in [0, 0.05) is 22.8 Å². The van der Waals surface area contributed by atoms with Gasteiger partial charge in [-0.2, -0.15) is 0 Å². The van der Waals surface area contributed by atoms with E-state index < -0.39 is 0 Å². The van der Waals surface area contributed by atoms with Gasteiger partial charge in [0.05, 0.1) is 5.56 Å². The molecule has 4 heteroatoms. The van der Waals surface area contributed by atoms with Crippen LogP contribution in [0.3, 0.4) is 0 Å². The fourth-order valence-electron chi connectivity index (χ4n) is 0.907. The van der Waals surface area contributed by atoms with Gasteiger partial charge in [-0.25, -0.2) is 0 Å². The van der Waals surface area contributed by atoms with Gasteiger partial charge in [-0.15, -0.1) is 11.3 Å². The number of hydrogen-bond acceptors (Lipinski definition) is 3. The molecule has 1 aromatic rings. The first kappa shape index (κ1) is 10.2. The summed E-state index contributed by atoms with van der Waals surface area (Å²) in [6.07, 6.45) is 0. The van der Waals surface area contributed by atoms with E-state index in [1.165, 1.54) is 0 Å². The predicted octanol–water partition coefficient (Wildman–Crippen LogP) is 1.34. The summed E-state index contributed by atoms with van der Waals surface area (Å²) in [5, 5.41) is 5.06. The van der Waals surface area contributed by atoms with Crippen molar-refractivity contribution in [3.63, 3.8) is 0 Å². The molecular formula is C9H14N2OS. The predicted molar refractivity (Wildman–Crippen MR) is 54.8 cm³/mol. The van der Waals surface area contributed by atoms with Crippen molar-refractivity contribution in [1.29, 1.82) is 0 Å². The molecule has 0 bridgehead atoms. The first-order chi connectivity index (χ1) is 6.09. The molecule has 0 aromatic carbocycles. The number of amides is 1. The van der Waals surface area contributed by atoms with E-state index in [-0.39, 0.29) is 5.91 Å². The molecule has 3 nitrogen and oxygen atoms in total. The van der Waals surface area contributed by atoms with Gasteiger partial charge in [0.1, 0.15) is 0 Å². The Balaban J connectivity index is 2.54. The number of thiophene rings is 1. The number of primary amides is 1. The van der Waals surface area contributed by atoms with Crippen LogP contribution >= 0.6 is 11.3 Å². The lowest BCUT2D eigenvalue weighted by molar-refractivity contribution is 0.100. The summed E-state index contributed by atoms with van der Waals surface area (Å²) >= 11 is 1.56. The Bertz CT molecular complexity index is 294. The molecule has 1 heterocycles. The fourth-order valence-corrected chi connectivity index (χ4v) is 1.73. The molecular weight excluding hydrogens is 184 g/mol. The quantitative estimate of drug-likeness (QED) is 0.767. The number of nitrogens with one attached hydrogen (secondary N) is 1. The first-order valence-corrected chi connectivity index (χ1v) is 5.08. The Hall–Kier alpha value is -0.870. The van der Waals surface area contributed by atoms with Gasteiger partial charge in [-0.3, -0.25) is 4.79 Å². The van der Waals surface area contributed by atoms with Crippen molar-refractivity contribution in [1.82, 2.24) is 5.32 Å². The molecule has 0 atom stereocenters. The SMILES string of the molecule is CC(C)NCc1cc(C(N)=O)cs1. The summed E-state index contributed by atoms with van der Waals surface area (Å²) < 4.78 is 0. The van der Waals surface area contributed by atoms with Crippen molar-refractivity contribution in [3.8, 4) is 0 Å². The summed E-state index contributed by atoms with van der Waals surface area (Å²) in [6.45, 7) is 4.97. The maximum atomic E-state index is 10.8. The van der Waals surface area contributed by atoms with Gasteiger partial charge < -0.3 is 11.1 Å². The zero-order valence-corrected chi connectivity index (χ0v) is 8.65. The molecule has 13 heavy (non-hydrogen) atoms. The molecule has 1 rings (SSSR count). The first-order valence-electron chi connectivity index (χ1n) is 4.20. The number of carbonyl (C=O) groups is 1. The van der Waals surface area contributed by atoms with Gasteiger partial charge in [0.25, 0.3) is 0 Å². The van der Waals surface area contributed by atoms with Gasteiger partial charge in [-0.1, -0.05) is 13.8 Å². The number of rotatable bonds is 4. The lowest BCUT2D eigenvalue weighted by atomic mass is 10.3. The van der Waals surface area contributed by atoms with E-state index in [0.717, 1.165) is 11.4 Å². The second kappa shape index (κ2) is 4.39. The van der Waals surface area contributed by atoms with E-state index in [1.54, 1.807) is 16.7 Å². The van der Waals surface area contributed by atoms with Crippen LogP contribution in [0.15, 0.2) is 11.4 Å². The lowest BCUT2D eigenvalue weighted by Gasteiger charge is -2.04. The van der Waals surface area contributed by atoms with Gasteiger partial charge in [-0.05, 0) is 6.07 Å². The second-order valence-electron chi connectivity index (χ2n) is 3.20. The average molecular weight is 198 g/mol. The Morgan fingerprint density at radius 1 is 1.69 bits per heavy atom. The molecule has 0 aliphatic heterocycles. The van der Waals surface area contributed by atoms with E-state index in [0.29, 0.717) is 11.6 Å². The minimum atomic E-state index is -0.355. The Morgan fingerprint density at radius 2 is 2.38 bits per heavy atom. The Kier molecular flexibility index (Phi) is 3.45. The minimum Gasteiger partial charge on any atom is -0.366 e. The van der Waals surface area contributed by atoms with Crippen LogP contribution in [-0.4, -0.2) is 11.9 Å². The molecule has 0 unspecified atom stereocenters. The van der Waals surface area contributed by atoms with Crippen LogP contribution in [0, 0.1) is 0 Å². The van der Waals surface area contributed by atoms with Crippen molar-refractivity contribution in [2.45, 2.75) is 26.4 Å². The third-order valence-corrected chi connectivity index (χ3v) is 2.56. The van der Waals surface area contributed by atoms with Crippen molar-refractivity contribution in [2.24, 2.45) is 5.73 Å². The minimum absolute atomic E-state index is 0.355. The van der Waals surface area contributed by atoms with Crippen LogP contribution < -0.4 is 11.1 Å². The third-order valence-electron chi connectivity index (χ3n) is 1.62. The van der Waals surface area contributed by atoms with Crippen LogP contribution in [-0.2, 0) is 6.54 Å². The van der Waals surface area contributed by atoms with Crippen LogP contribution in [0.1, 0.15) is 29.1 Å². The average Bonchev–Trinajstić information content (AvgIpc) is 2.48. The Morgan fingerprint density at radius 3 is 2.85 bits per heavy atom. The molecule has 0 saturated heterocycles. The van der Waals surface area contributed by atoms with Crippen molar-refractivity contribution in [2.75, 3.05) is 0 Å². The van der Waals surface area contributed by atoms with Crippen LogP contribution in [0.5, 0.6) is 0 Å². The topological polar surface area (TPSA) is 55.1 Å². The summed E-state index contributed by atoms with van der Waals surface area (Å²) in [7, 11) is 0. The van der Waals surface area contributed by atoms with E-state index in [2.05, 4.69) is 19.2 Å². The van der Waals surface area contributed by atoms with Gasteiger partial charge >= 0.3 is 0 Å². The molecule has 0 fully saturated rings. The van der Waals surface area contributed by atoms with Crippen LogP contribution in [0.4, 0.5) is 0 Å². The van der Waals surface area contributed by atoms with E-state index in [4.69, 9.17) is 5.73 Å². The fraction of sp³-hybridized carbons (Fsp3) is 0.444. The van der Waals surface area contributed by atoms with E-state index >= 15 is 0 Å². The molecule has 0 spiro atoms. The standard InChI is InChI=1S/C9H14N2OS/c1-6(2)11-4-8-3-7(5-13-8)9(10)12/h3,5-6,11H,4H2,1-2H3,(H2,10,12). The monoisotopic (exact) mass is 198 g/mol. The highest BCUT2D eigenvalue weighted by atomic mass is 32.1. The van der Waals surface area contributed by atoms with Crippen molar-refractivity contribution < 1.29 is 4.79 Å². The van der Waals surface area contributed by atoms with Gasteiger partial charge in [0.2, 0.25) is 5.91 Å². The van der Waals surface area contributed by atoms with Gasteiger partial charge in [0.15, 0.2) is 0 Å². The maximum Gasteiger partial charge on any atom is 0.249 e. The Labute approximate surface area is 81.9 Å². The highest BCUT2D eigenvalue weighted by molar-refractivity contribution is 7.10. The number of carbonyl (C=O) groups excluding carboxylic acids is 1. The number of hydrogen-bond donors (Lipinski definition) is 2. The molecule has 0 saturated carbocycles. The third kappa shape index (κ3) is 3.16. The molecule has 0 aliphatic carbocycles. The van der Waals surface area contributed by atoms with Crippen LogP contribution in [0.2, 0.25) is 0 Å². The van der Waals surface area contributed by atoms with Crippen molar-refractivity contribution >= 4 is 17.2 Å². The highest BCUT2D eigenvalue weighted by Gasteiger charge is 2.04. The lowest BCUT2D eigenvalue weighted by Crippen LogP contribution is -2.21. The normalized spacial score (nSPS) is 10.7. The summed E-state index contributed by atoms with van der Waals surface area (Å²) in [6, 6.07) is 2.29. The molecule has 0 radical (unpaired) electrons. The summed E-state index contributed by atoms with van der Waals surface area (Å²) in [5.41, 5.74) is 5.73. The summed E-state index contributed by atoms with van der Waals surface area (Å²) in [4.78, 5) is 11.9. The molecule has 72 valence electrons. The highest BCUT2D eigenvalue weighted by Crippen LogP contribution is 2.13.